The lowest BCUT2D eigenvalue weighted by Gasteiger charge is -2.36. The lowest BCUT2D eigenvalue weighted by Crippen LogP contribution is -2.41. The largest absolute Gasteiger partial charge is 0.496 e. The molecule has 0 aliphatic carbocycles. The number of nitriles is 1. The highest BCUT2D eigenvalue weighted by molar-refractivity contribution is 9.10. The first kappa shape index (κ1) is 23.9. The minimum Gasteiger partial charge on any atom is -0.496 e. The molecule has 0 fully saturated rings. The van der Waals surface area contributed by atoms with Crippen LogP contribution < -0.4 is 15.4 Å². The van der Waals surface area contributed by atoms with Gasteiger partial charge in [0.25, 0.3) is 0 Å². The smallest absolute Gasteiger partial charge is 0.355 e. The molecule has 8 nitrogen and oxygen atoms in total. The fourth-order valence-electron chi connectivity index (χ4n) is 3.85. The molecule has 33 heavy (non-hydrogen) atoms. The number of ether oxygens (including phenoxy) is 3. The van der Waals surface area contributed by atoms with Crippen molar-refractivity contribution in [2.45, 2.75) is 12.8 Å². The van der Waals surface area contributed by atoms with E-state index in [0.29, 0.717) is 27.0 Å². The molecule has 0 aromatic heterocycles. The van der Waals surface area contributed by atoms with Crippen molar-refractivity contribution in [2.24, 2.45) is 5.73 Å². The van der Waals surface area contributed by atoms with Gasteiger partial charge >= 0.3 is 11.9 Å². The zero-order chi connectivity index (χ0) is 24.3. The van der Waals surface area contributed by atoms with E-state index in [1.807, 2.05) is 0 Å². The second kappa shape index (κ2) is 9.79. The predicted octanol–water partition coefficient (Wildman–Crippen LogP) is 3.66. The molecule has 1 unspecified atom stereocenters. The molecule has 0 saturated carbocycles. The summed E-state index contributed by atoms with van der Waals surface area (Å²) in [6.45, 7) is 1.77. The number of nitrogens with zero attached hydrogens (tertiary/aromatic N) is 2. The molecule has 1 atom stereocenters. The lowest BCUT2D eigenvalue weighted by atomic mass is 9.80. The highest BCUT2D eigenvalue weighted by Crippen LogP contribution is 2.45. The van der Waals surface area contributed by atoms with Gasteiger partial charge in [-0.05, 0) is 24.6 Å². The van der Waals surface area contributed by atoms with E-state index in [4.69, 9.17) is 19.9 Å². The second-order valence-corrected chi connectivity index (χ2v) is 8.00. The van der Waals surface area contributed by atoms with Crippen LogP contribution in [0.15, 0.2) is 69.6 Å². The van der Waals surface area contributed by atoms with E-state index in [0.717, 1.165) is 0 Å². The van der Waals surface area contributed by atoms with Crippen LogP contribution in [0.3, 0.4) is 0 Å². The number of hydrogen-bond acceptors (Lipinski definition) is 8. The zero-order valence-corrected chi connectivity index (χ0v) is 20.1. The summed E-state index contributed by atoms with van der Waals surface area (Å²) in [5, 5.41) is 10.1. The van der Waals surface area contributed by atoms with E-state index in [-0.39, 0.29) is 22.7 Å². The third-order valence-electron chi connectivity index (χ3n) is 5.37. The number of halogens is 1. The topological polar surface area (TPSA) is 115 Å². The number of benzene rings is 2. The molecule has 3 rings (SSSR count). The molecule has 1 heterocycles. The van der Waals surface area contributed by atoms with Gasteiger partial charge in [-0.25, -0.2) is 9.59 Å². The first-order chi connectivity index (χ1) is 15.8. The number of esters is 2. The standard InChI is InChI=1S/C24H22BrN3O5/c1-13-17(10-15(25)11-18(13)31-2)28-21(24(30)33-4)20(23(29)32-3)19(16(12-26)22(28)27)14-8-6-5-7-9-14/h5-11,19H,27H2,1-4H3. The summed E-state index contributed by atoms with van der Waals surface area (Å²) in [6.07, 6.45) is 0. The molecule has 0 saturated heterocycles. The van der Waals surface area contributed by atoms with Crippen LogP contribution in [0.4, 0.5) is 5.69 Å². The molecule has 9 heteroatoms. The molecular formula is C24H22BrN3O5. The van der Waals surface area contributed by atoms with Gasteiger partial charge in [0.2, 0.25) is 0 Å². The van der Waals surface area contributed by atoms with Crippen LogP contribution in [0, 0.1) is 18.3 Å². The van der Waals surface area contributed by atoms with Gasteiger partial charge in [0.05, 0.1) is 50.2 Å². The van der Waals surface area contributed by atoms with Gasteiger partial charge in [0, 0.05) is 10.0 Å². The number of nitrogens with two attached hydrogens (primary N) is 1. The molecule has 0 spiro atoms. The van der Waals surface area contributed by atoms with E-state index in [2.05, 4.69) is 22.0 Å². The number of methoxy groups -OCH3 is 3. The fraction of sp³-hybridized carbons (Fsp3) is 0.208. The zero-order valence-electron chi connectivity index (χ0n) is 18.5. The van der Waals surface area contributed by atoms with Crippen molar-refractivity contribution in [3.8, 4) is 11.8 Å². The summed E-state index contributed by atoms with van der Waals surface area (Å²) in [7, 11) is 3.92. The molecule has 1 aliphatic rings. The Labute approximate surface area is 200 Å². The predicted molar refractivity (Wildman–Crippen MR) is 125 cm³/mol. The summed E-state index contributed by atoms with van der Waals surface area (Å²) < 4.78 is 16.2. The minimum absolute atomic E-state index is 0.0114. The van der Waals surface area contributed by atoms with Crippen LogP contribution in [0.2, 0.25) is 0 Å². The van der Waals surface area contributed by atoms with Gasteiger partial charge in [0.15, 0.2) is 0 Å². The highest BCUT2D eigenvalue weighted by atomic mass is 79.9. The van der Waals surface area contributed by atoms with Crippen molar-refractivity contribution in [1.82, 2.24) is 0 Å². The number of allylic oxidation sites excluding steroid dienone is 1. The molecule has 0 amide bonds. The van der Waals surface area contributed by atoms with Gasteiger partial charge in [-0.1, -0.05) is 46.3 Å². The van der Waals surface area contributed by atoms with E-state index < -0.39 is 17.9 Å². The number of anilines is 1. The Hall–Kier alpha value is -3.77. The Balaban J connectivity index is 2.47. The normalized spacial score (nSPS) is 15.8. The molecule has 2 N–H and O–H groups in total. The molecule has 2 aromatic rings. The van der Waals surface area contributed by atoms with Crippen LogP contribution in [0.1, 0.15) is 17.0 Å². The Bertz CT molecular complexity index is 1210. The van der Waals surface area contributed by atoms with Crippen LogP contribution in [-0.4, -0.2) is 33.3 Å². The van der Waals surface area contributed by atoms with Gasteiger partial charge in [-0.2, -0.15) is 5.26 Å². The van der Waals surface area contributed by atoms with Crippen LogP contribution in [0.5, 0.6) is 5.75 Å². The minimum atomic E-state index is -0.927. The van der Waals surface area contributed by atoms with Crippen LogP contribution in [-0.2, 0) is 19.1 Å². The van der Waals surface area contributed by atoms with Crippen LogP contribution >= 0.6 is 15.9 Å². The molecule has 0 bridgehead atoms. The van der Waals surface area contributed by atoms with Crippen molar-refractivity contribution in [2.75, 3.05) is 26.2 Å². The van der Waals surface area contributed by atoms with Crippen molar-refractivity contribution < 1.29 is 23.8 Å². The SMILES string of the molecule is COC(=O)C1=C(C(=O)OC)N(c2cc(Br)cc(OC)c2C)C(N)=C(C#N)C1c1ccccc1. The Morgan fingerprint density at radius 1 is 1.09 bits per heavy atom. The molecule has 1 aliphatic heterocycles. The van der Waals surface area contributed by atoms with E-state index >= 15 is 0 Å². The third-order valence-corrected chi connectivity index (χ3v) is 5.83. The van der Waals surface area contributed by atoms with E-state index in [9.17, 15) is 14.9 Å². The summed E-state index contributed by atoms with van der Waals surface area (Å²) >= 11 is 3.43. The fourth-order valence-corrected chi connectivity index (χ4v) is 4.27. The number of rotatable bonds is 5. The summed E-state index contributed by atoms with van der Waals surface area (Å²) in [4.78, 5) is 27.5. The third kappa shape index (κ3) is 4.17. The van der Waals surface area contributed by atoms with Gasteiger partial charge in [0.1, 0.15) is 17.3 Å². The average molecular weight is 512 g/mol. The number of carbonyl (C=O) groups is 2. The lowest BCUT2D eigenvalue weighted by molar-refractivity contribution is -0.139. The maximum atomic E-state index is 13.1. The monoisotopic (exact) mass is 511 g/mol. The molecule has 170 valence electrons. The second-order valence-electron chi connectivity index (χ2n) is 7.09. The average Bonchev–Trinajstić information content (AvgIpc) is 2.84. The highest BCUT2D eigenvalue weighted by Gasteiger charge is 2.43. The Morgan fingerprint density at radius 2 is 1.73 bits per heavy atom. The summed E-state index contributed by atoms with van der Waals surface area (Å²) in [5.74, 6) is -2.02. The maximum absolute atomic E-state index is 13.1. The van der Waals surface area contributed by atoms with Crippen LogP contribution in [0.25, 0.3) is 0 Å². The summed E-state index contributed by atoms with van der Waals surface area (Å²) in [5.41, 5.74) is 8.08. The van der Waals surface area contributed by atoms with Crippen molar-refractivity contribution in [3.05, 3.63) is 80.7 Å². The first-order valence-corrected chi connectivity index (χ1v) is 10.6. The van der Waals surface area contributed by atoms with Gasteiger partial charge < -0.3 is 19.9 Å². The van der Waals surface area contributed by atoms with Gasteiger partial charge in [-0.3, -0.25) is 4.90 Å². The Kier molecular flexibility index (Phi) is 7.09. The van der Waals surface area contributed by atoms with E-state index in [1.54, 1.807) is 49.4 Å². The maximum Gasteiger partial charge on any atom is 0.355 e. The summed E-state index contributed by atoms with van der Waals surface area (Å²) in [6, 6.07) is 14.4. The first-order valence-electron chi connectivity index (χ1n) is 9.80. The van der Waals surface area contributed by atoms with Crippen molar-refractivity contribution in [3.63, 3.8) is 0 Å². The molecule has 0 radical (unpaired) electrons. The van der Waals surface area contributed by atoms with Gasteiger partial charge in [-0.15, -0.1) is 0 Å². The quantitative estimate of drug-likeness (QED) is 0.604. The number of hydrogen-bond donors (Lipinski definition) is 1. The molecular weight excluding hydrogens is 490 g/mol. The van der Waals surface area contributed by atoms with E-state index in [1.165, 1.54) is 26.2 Å². The van der Waals surface area contributed by atoms with Crippen molar-refractivity contribution in [1.29, 1.82) is 5.26 Å². The molecule has 2 aromatic carbocycles. The number of carbonyl (C=O) groups excluding carboxylic acids is 2. The van der Waals surface area contributed by atoms with Crippen molar-refractivity contribution >= 4 is 33.6 Å². The Morgan fingerprint density at radius 3 is 2.27 bits per heavy atom.